The third-order valence-electron chi connectivity index (χ3n) is 1.03. The van der Waals surface area contributed by atoms with Gasteiger partial charge in [-0.3, -0.25) is 15.2 Å². The number of nitro benzene ring substituents is 1. The van der Waals surface area contributed by atoms with Crippen molar-refractivity contribution in [2.24, 2.45) is 0 Å². The minimum Gasteiger partial charge on any atom is -0.290 e. The van der Waals surface area contributed by atoms with E-state index >= 15 is 0 Å². The maximum atomic E-state index is 10.5. The fourth-order valence-electron chi connectivity index (χ4n) is 0.597. The summed E-state index contributed by atoms with van der Waals surface area (Å²) in [6.07, 6.45) is 0. The number of hydrogen-bond donors (Lipinski definition) is 0. The number of non-ortho nitro benzene ring substituents is 1. The number of hydrogen-bond acceptors (Lipinski definition) is 2. The molecule has 1 rings (SSSR count). The smallest absolute Gasteiger partial charge is 0.273 e. The van der Waals surface area contributed by atoms with Gasteiger partial charge in [0.25, 0.3) is 5.69 Å². The van der Waals surface area contributed by atoms with Crippen LogP contribution in [0, 0.1) is 10.1 Å². The van der Waals surface area contributed by atoms with Crippen LogP contribution in [0.25, 0.3) is 0 Å². The summed E-state index contributed by atoms with van der Waals surface area (Å²) in [5.74, 6) is -0.339. The van der Waals surface area contributed by atoms with Crippen LogP contribution >= 0.6 is 0 Å². The van der Waals surface area contributed by atoms with E-state index in [-0.39, 0.29) is 11.4 Å². The quantitative estimate of drug-likeness (QED) is 0.438. The SMILES string of the molecule is [O]c1cccc([N+](=O)[O-])c1. The van der Waals surface area contributed by atoms with Gasteiger partial charge in [-0.25, -0.2) is 0 Å². The second kappa shape index (κ2) is 2.34. The summed E-state index contributed by atoms with van der Waals surface area (Å²) in [7, 11) is 0. The molecule has 1 radical (unpaired) electrons. The van der Waals surface area contributed by atoms with Crippen LogP contribution in [0.2, 0.25) is 0 Å². The van der Waals surface area contributed by atoms with Crippen LogP contribution < -0.4 is 0 Å². The van der Waals surface area contributed by atoms with Crippen LogP contribution in [0.15, 0.2) is 24.3 Å². The van der Waals surface area contributed by atoms with Crippen LogP contribution in [-0.4, -0.2) is 4.92 Å². The molecule has 0 heterocycles. The summed E-state index contributed by atoms with van der Waals surface area (Å²) in [6.45, 7) is 0. The first kappa shape index (κ1) is 6.54. The Morgan fingerprint density at radius 1 is 1.40 bits per heavy atom. The average Bonchev–Trinajstić information content (AvgIpc) is 1.88. The Labute approximate surface area is 56.9 Å². The molecule has 0 aliphatic heterocycles. The Kier molecular flexibility index (Phi) is 1.53. The molecule has 0 aliphatic carbocycles. The van der Waals surface area contributed by atoms with E-state index in [4.69, 9.17) is 0 Å². The Hall–Kier alpha value is -1.58. The van der Waals surface area contributed by atoms with Crippen LogP contribution in [-0.2, 0) is 5.11 Å². The van der Waals surface area contributed by atoms with Gasteiger partial charge in [0.2, 0.25) is 0 Å². The normalized spacial score (nSPS) is 9.20. The highest BCUT2D eigenvalue weighted by Crippen LogP contribution is 2.17. The Bertz CT molecular complexity index is 259. The lowest BCUT2D eigenvalue weighted by Gasteiger charge is -1.87. The largest absolute Gasteiger partial charge is 0.290 e. The first-order chi connectivity index (χ1) is 4.70. The molecule has 10 heavy (non-hydrogen) atoms. The topological polar surface area (TPSA) is 63.0 Å². The van der Waals surface area contributed by atoms with E-state index in [1.54, 1.807) is 0 Å². The van der Waals surface area contributed by atoms with Crippen molar-refractivity contribution < 1.29 is 10.0 Å². The van der Waals surface area contributed by atoms with Crippen molar-refractivity contribution in [3.8, 4) is 5.75 Å². The van der Waals surface area contributed by atoms with Gasteiger partial charge in [-0.2, -0.15) is 0 Å². The molecule has 0 unspecified atom stereocenters. The number of nitro groups is 1. The maximum Gasteiger partial charge on any atom is 0.273 e. The Morgan fingerprint density at radius 3 is 2.50 bits per heavy atom. The summed E-state index contributed by atoms with van der Waals surface area (Å²) < 4.78 is 0. The molecule has 0 aromatic heterocycles. The first-order valence-corrected chi connectivity index (χ1v) is 2.61. The molecule has 0 amide bonds. The van der Waals surface area contributed by atoms with Crippen LogP contribution in [0.1, 0.15) is 0 Å². The predicted molar refractivity (Wildman–Crippen MR) is 33.2 cm³/mol. The van der Waals surface area contributed by atoms with E-state index in [0.717, 1.165) is 6.07 Å². The van der Waals surface area contributed by atoms with Gasteiger partial charge in [0, 0.05) is 6.07 Å². The average molecular weight is 138 g/mol. The van der Waals surface area contributed by atoms with Gasteiger partial charge in [-0.05, 0) is 6.07 Å². The van der Waals surface area contributed by atoms with Gasteiger partial charge in [0.1, 0.15) is 0 Å². The van der Waals surface area contributed by atoms with Crippen LogP contribution in [0.4, 0.5) is 5.69 Å². The van der Waals surface area contributed by atoms with E-state index in [0.29, 0.717) is 0 Å². The molecule has 0 N–H and O–H groups in total. The lowest BCUT2D eigenvalue weighted by atomic mass is 10.3. The zero-order valence-corrected chi connectivity index (χ0v) is 4.98. The third kappa shape index (κ3) is 1.22. The summed E-state index contributed by atoms with van der Waals surface area (Å²) in [6, 6.07) is 4.90. The molecule has 0 spiro atoms. The van der Waals surface area contributed by atoms with Crippen molar-refractivity contribution >= 4 is 5.69 Å². The van der Waals surface area contributed by atoms with E-state index in [1.807, 2.05) is 0 Å². The van der Waals surface area contributed by atoms with Gasteiger partial charge in [0.15, 0.2) is 5.75 Å². The standard InChI is InChI=1S/C6H4NO3/c8-6-3-1-2-5(4-6)7(9)10/h1-4H. The first-order valence-electron chi connectivity index (χ1n) is 2.61. The molecule has 4 nitrogen and oxygen atoms in total. The minimum absolute atomic E-state index is 0.160. The fraction of sp³-hybridized carbons (Fsp3) is 0. The molecular formula is C6H4NO3. The van der Waals surface area contributed by atoms with Gasteiger partial charge in [-0.15, -0.1) is 0 Å². The van der Waals surface area contributed by atoms with Crippen LogP contribution in [0.5, 0.6) is 5.75 Å². The highest BCUT2D eigenvalue weighted by Gasteiger charge is 2.04. The van der Waals surface area contributed by atoms with Crippen molar-refractivity contribution in [3.05, 3.63) is 34.4 Å². The number of nitrogens with zero attached hydrogens (tertiary/aromatic N) is 1. The zero-order chi connectivity index (χ0) is 7.56. The van der Waals surface area contributed by atoms with E-state index < -0.39 is 4.92 Å². The van der Waals surface area contributed by atoms with Crippen molar-refractivity contribution in [1.29, 1.82) is 0 Å². The number of benzene rings is 1. The molecule has 0 saturated carbocycles. The maximum absolute atomic E-state index is 10.5. The molecule has 0 atom stereocenters. The summed E-state index contributed by atoms with van der Waals surface area (Å²) in [5.41, 5.74) is -0.160. The van der Waals surface area contributed by atoms with Gasteiger partial charge >= 0.3 is 0 Å². The lowest BCUT2D eigenvalue weighted by Crippen LogP contribution is -1.85. The van der Waals surface area contributed by atoms with E-state index in [2.05, 4.69) is 0 Å². The van der Waals surface area contributed by atoms with Crippen molar-refractivity contribution in [2.45, 2.75) is 0 Å². The fourth-order valence-corrected chi connectivity index (χ4v) is 0.597. The third-order valence-corrected chi connectivity index (χ3v) is 1.03. The molecule has 0 bridgehead atoms. The van der Waals surface area contributed by atoms with E-state index in [9.17, 15) is 15.2 Å². The Morgan fingerprint density at radius 2 is 2.10 bits per heavy atom. The van der Waals surface area contributed by atoms with Crippen molar-refractivity contribution in [3.63, 3.8) is 0 Å². The van der Waals surface area contributed by atoms with Crippen molar-refractivity contribution in [2.75, 3.05) is 0 Å². The summed E-state index contributed by atoms with van der Waals surface area (Å²) in [4.78, 5) is 9.42. The monoisotopic (exact) mass is 138 g/mol. The molecular weight excluding hydrogens is 134 g/mol. The second-order valence-electron chi connectivity index (χ2n) is 1.75. The zero-order valence-electron chi connectivity index (χ0n) is 4.98. The summed E-state index contributed by atoms with van der Waals surface area (Å²) >= 11 is 0. The lowest BCUT2D eigenvalue weighted by molar-refractivity contribution is -0.385. The van der Waals surface area contributed by atoms with Crippen molar-refractivity contribution in [1.82, 2.24) is 0 Å². The van der Waals surface area contributed by atoms with Gasteiger partial charge in [-0.1, -0.05) is 6.07 Å². The van der Waals surface area contributed by atoms with Gasteiger partial charge in [0.05, 0.1) is 11.0 Å². The summed E-state index contributed by atoms with van der Waals surface area (Å²) in [5, 5.41) is 20.5. The molecule has 1 aromatic rings. The molecule has 0 fully saturated rings. The van der Waals surface area contributed by atoms with E-state index in [1.165, 1.54) is 18.2 Å². The highest BCUT2D eigenvalue weighted by atomic mass is 16.6. The van der Waals surface area contributed by atoms with Gasteiger partial charge < -0.3 is 0 Å². The Balaban J connectivity index is 3.07. The van der Waals surface area contributed by atoms with Crippen LogP contribution in [0.3, 0.4) is 0 Å². The molecule has 4 heteroatoms. The predicted octanol–water partition coefficient (Wildman–Crippen LogP) is 1.74. The second-order valence-corrected chi connectivity index (χ2v) is 1.75. The molecule has 1 aromatic carbocycles. The number of rotatable bonds is 1. The highest BCUT2D eigenvalue weighted by molar-refractivity contribution is 5.36. The molecule has 0 aliphatic rings. The molecule has 51 valence electrons. The minimum atomic E-state index is -0.596. The molecule has 0 saturated heterocycles.